The van der Waals surface area contributed by atoms with Crippen LogP contribution in [-0.4, -0.2) is 15.7 Å². The van der Waals surface area contributed by atoms with Crippen molar-refractivity contribution in [2.45, 2.75) is 13.2 Å². The monoisotopic (exact) mass is 386 g/mol. The second-order valence-electron chi connectivity index (χ2n) is 6.63. The number of nitrogens with zero attached hydrogens (tertiary/aromatic N) is 2. The van der Waals surface area contributed by atoms with Crippen molar-refractivity contribution >= 4 is 11.4 Å². The van der Waals surface area contributed by atoms with Crippen molar-refractivity contribution in [3.05, 3.63) is 101 Å². The van der Waals surface area contributed by atoms with E-state index in [1.165, 1.54) is 4.85 Å². The predicted octanol–water partition coefficient (Wildman–Crippen LogP) is 4.62. The van der Waals surface area contributed by atoms with Gasteiger partial charge in [-0.2, -0.15) is 0 Å². The van der Waals surface area contributed by atoms with Gasteiger partial charge in [-0.05, 0) is 23.8 Å². The van der Waals surface area contributed by atoms with Crippen molar-refractivity contribution in [2.75, 3.05) is 5.32 Å². The predicted molar refractivity (Wildman–Crippen MR) is 112 cm³/mol. The Morgan fingerprint density at radius 3 is 2.59 bits per heavy atom. The van der Waals surface area contributed by atoms with Crippen LogP contribution in [0.4, 0.5) is 5.69 Å². The first-order valence-corrected chi connectivity index (χ1v) is 9.37. The molecule has 3 aromatic carbocycles. The van der Waals surface area contributed by atoms with E-state index in [4.69, 9.17) is 14.7 Å². The molecule has 6 nitrogen and oxygen atoms in total. The van der Waals surface area contributed by atoms with E-state index >= 15 is 0 Å². The Bertz CT molecular complexity index is 1090. The molecule has 0 aliphatic rings. The van der Waals surface area contributed by atoms with Crippen LogP contribution in [-0.2, 0) is 20.2 Å². The summed E-state index contributed by atoms with van der Waals surface area (Å²) in [6, 6.07) is 25.4. The number of para-hydroxylation sites is 1. The molecule has 29 heavy (non-hydrogen) atoms. The summed E-state index contributed by atoms with van der Waals surface area (Å²) >= 11 is 0. The van der Waals surface area contributed by atoms with E-state index in [2.05, 4.69) is 10.4 Å². The highest BCUT2D eigenvalue weighted by Crippen LogP contribution is 2.23. The lowest BCUT2D eigenvalue weighted by atomic mass is 10.0. The summed E-state index contributed by atoms with van der Waals surface area (Å²) in [4.78, 5) is 1.41. The molecule has 0 saturated heterocycles. The molecule has 6 heteroatoms. The lowest BCUT2D eigenvalue weighted by Crippen LogP contribution is -2.14. The van der Waals surface area contributed by atoms with Crippen molar-refractivity contribution in [2.24, 2.45) is 7.05 Å². The molecule has 146 valence electrons. The van der Waals surface area contributed by atoms with E-state index in [-0.39, 0.29) is 0 Å². The van der Waals surface area contributed by atoms with Crippen molar-refractivity contribution in [1.29, 1.82) is 5.41 Å². The Balaban J connectivity index is 1.48. The topological polar surface area (TPSA) is 76.1 Å². The highest BCUT2D eigenvalue weighted by atomic mass is 16.5. The van der Waals surface area contributed by atoms with Gasteiger partial charge in [-0.15, -0.1) is 9.95 Å². The maximum Gasteiger partial charge on any atom is 0.263 e. The first-order valence-electron chi connectivity index (χ1n) is 9.37. The van der Waals surface area contributed by atoms with E-state index in [1.54, 1.807) is 7.05 Å². The van der Waals surface area contributed by atoms with Crippen LogP contribution in [0.2, 0.25) is 0 Å². The van der Waals surface area contributed by atoms with E-state index < -0.39 is 0 Å². The zero-order valence-electron chi connectivity index (χ0n) is 16.1. The summed E-state index contributed by atoms with van der Waals surface area (Å²) in [5.74, 6) is 1.35. The Kier molecular flexibility index (Phi) is 5.42. The van der Waals surface area contributed by atoms with Gasteiger partial charge in [0.1, 0.15) is 12.4 Å². The van der Waals surface area contributed by atoms with Gasteiger partial charge in [0.2, 0.25) is 0 Å². The number of nitrogens with one attached hydrogen (secondary N) is 2. The average molecular weight is 386 g/mol. The lowest BCUT2D eigenvalue weighted by molar-refractivity contribution is 0.143. The fraction of sp³-hybridized carbons (Fsp3) is 0.130. The Morgan fingerprint density at radius 1 is 1.03 bits per heavy atom. The van der Waals surface area contributed by atoms with Crippen LogP contribution in [0.15, 0.2) is 83.4 Å². The Morgan fingerprint density at radius 2 is 1.79 bits per heavy atom. The largest absolute Gasteiger partial charge is 0.489 e. The molecule has 0 atom stereocenters. The van der Waals surface area contributed by atoms with Gasteiger partial charge in [0.25, 0.3) is 5.89 Å². The number of hydrogen-bond donors (Lipinski definition) is 2. The molecule has 4 rings (SSSR count). The van der Waals surface area contributed by atoms with E-state index in [0.29, 0.717) is 24.8 Å². The molecule has 0 unspecified atom stereocenters. The smallest absolute Gasteiger partial charge is 0.263 e. The average Bonchev–Trinajstić information content (AvgIpc) is 2.75. The summed E-state index contributed by atoms with van der Waals surface area (Å²) < 4.78 is 11.2. The molecule has 4 aromatic rings. The van der Waals surface area contributed by atoms with Gasteiger partial charge in [0, 0.05) is 16.8 Å². The molecule has 0 radical (unpaired) electrons. The third kappa shape index (κ3) is 4.55. The van der Waals surface area contributed by atoms with E-state index in [0.717, 1.165) is 28.1 Å². The second-order valence-corrected chi connectivity index (χ2v) is 6.63. The number of aryl methyl sites for hydroxylation is 1. The standard InChI is InChI=1S/C23H22N4O2/c1-27-26-22(29-27)15-25-21-13-6-5-12-20(21)23(24)18-10-7-11-19(14-18)28-16-17-8-3-2-4-9-17/h2-14,24-25H,15-16H2,1H3. The van der Waals surface area contributed by atoms with Gasteiger partial charge < -0.3 is 14.6 Å². The zero-order chi connectivity index (χ0) is 20.1. The fourth-order valence-electron chi connectivity index (χ4n) is 3.05. The zero-order valence-corrected chi connectivity index (χ0v) is 16.1. The normalized spacial score (nSPS) is 10.7. The van der Waals surface area contributed by atoms with Crippen LogP contribution in [0.3, 0.4) is 0 Å². The highest BCUT2D eigenvalue weighted by molar-refractivity contribution is 6.14. The molecule has 0 amide bonds. The number of aromatic nitrogens is 2. The van der Waals surface area contributed by atoms with Gasteiger partial charge in [0.05, 0.1) is 19.3 Å². The molecule has 0 bridgehead atoms. The first kappa shape index (κ1) is 18.6. The van der Waals surface area contributed by atoms with Crippen molar-refractivity contribution in [3.63, 3.8) is 0 Å². The van der Waals surface area contributed by atoms with Gasteiger partial charge in [-0.25, -0.2) is 0 Å². The molecule has 0 fully saturated rings. The highest BCUT2D eigenvalue weighted by Gasteiger charge is 2.12. The Labute approximate surface area is 169 Å². The van der Waals surface area contributed by atoms with Crippen LogP contribution in [0.5, 0.6) is 5.75 Å². The Hall–Kier alpha value is -3.80. The van der Waals surface area contributed by atoms with Gasteiger partial charge in [0.15, 0.2) is 0 Å². The summed E-state index contributed by atoms with van der Waals surface area (Å²) in [6.07, 6.45) is 0. The summed E-state index contributed by atoms with van der Waals surface area (Å²) in [5.41, 5.74) is 3.98. The minimum atomic E-state index is 0.423. The van der Waals surface area contributed by atoms with E-state index in [9.17, 15) is 0 Å². The molecule has 0 saturated carbocycles. The van der Waals surface area contributed by atoms with Gasteiger partial charge >= 0.3 is 0 Å². The van der Waals surface area contributed by atoms with E-state index in [1.807, 2.05) is 78.9 Å². The van der Waals surface area contributed by atoms with Gasteiger partial charge in [-0.3, -0.25) is 5.41 Å². The molecule has 1 aromatic heterocycles. The first-order chi connectivity index (χ1) is 14.2. The third-order valence-corrected chi connectivity index (χ3v) is 4.49. The maximum atomic E-state index is 8.72. The minimum Gasteiger partial charge on any atom is -0.489 e. The molecular weight excluding hydrogens is 364 g/mol. The van der Waals surface area contributed by atoms with Gasteiger partial charge in [-0.1, -0.05) is 60.7 Å². The number of rotatable bonds is 8. The second kappa shape index (κ2) is 8.48. The molecule has 0 aliphatic heterocycles. The summed E-state index contributed by atoms with van der Waals surface area (Å²) in [6.45, 7) is 0.960. The fourth-order valence-corrected chi connectivity index (χ4v) is 3.05. The number of benzene rings is 3. The van der Waals surface area contributed by atoms with Crippen molar-refractivity contribution in [1.82, 2.24) is 9.95 Å². The quantitative estimate of drug-likeness (QED) is 0.433. The van der Waals surface area contributed by atoms with Crippen LogP contribution in [0.1, 0.15) is 22.6 Å². The van der Waals surface area contributed by atoms with Crippen LogP contribution in [0, 0.1) is 5.41 Å². The number of anilines is 1. The van der Waals surface area contributed by atoms with Crippen molar-refractivity contribution in [3.8, 4) is 5.75 Å². The van der Waals surface area contributed by atoms with Crippen LogP contribution in [0.25, 0.3) is 0 Å². The number of ether oxygens (including phenoxy) is 1. The third-order valence-electron chi connectivity index (χ3n) is 4.49. The molecule has 1 heterocycles. The molecule has 0 spiro atoms. The molecular formula is C23H22N4O2. The van der Waals surface area contributed by atoms with Crippen molar-refractivity contribution < 1.29 is 9.26 Å². The molecule has 0 aliphatic carbocycles. The summed E-state index contributed by atoms with van der Waals surface area (Å²) in [5, 5.41) is 16.1. The summed E-state index contributed by atoms with van der Waals surface area (Å²) in [7, 11) is 1.74. The minimum absolute atomic E-state index is 0.423. The SMILES string of the molecule is Cn1nc(CNc2ccccc2C(=N)c2cccc(OCc3ccccc3)c2)o1. The number of hydrogen-bond acceptors (Lipinski definition) is 5. The maximum absolute atomic E-state index is 8.72. The molecule has 2 N–H and O–H groups in total. The van der Waals surface area contributed by atoms with Crippen LogP contribution < -0.4 is 10.1 Å². The van der Waals surface area contributed by atoms with Crippen LogP contribution >= 0.6 is 0 Å². The lowest BCUT2D eigenvalue weighted by Gasteiger charge is -2.14.